The first-order chi connectivity index (χ1) is 9.11. The number of methoxy groups -OCH3 is 1. The molecule has 104 valence electrons. The van der Waals surface area contributed by atoms with Crippen LogP contribution in [0.3, 0.4) is 0 Å². The standard InChI is InChI=1S/C13H14F2O4/c1-17-9-5-4-8(7-11(9)19-13(14)15)12(16)10-3-2-6-18-10/h3-5,7,12-13,16H,2,6H2,1H3. The van der Waals surface area contributed by atoms with Gasteiger partial charge in [0, 0.05) is 6.42 Å². The van der Waals surface area contributed by atoms with Crippen LogP contribution in [0.15, 0.2) is 30.0 Å². The summed E-state index contributed by atoms with van der Waals surface area (Å²) in [4.78, 5) is 0. The number of ether oxygens (including phenoxy) is 3. The fraction of sp³-hybridized carbons (Fsp3) is 0.385. The highest BCUT2D eigenvalue weighted by molar-refractivity contribution is 5.44. The van der Waals surface area contributed by atoms with Crippen molar-refractivity contribution in [2.24, 2.45) is 0 Å². The van der Waals surface area contributed by atoms with E-state index in [2.05, 4.69) is 4.74 Å². The largest absolute Gasteiger partial charge is 0.495 e. The van der Waals surface area contributed by atoms with E-state index in [-0.39, 0.29) is 11.5 Å². The maximum Gasteiger partial charge on any atom is 0.387 e. The van der Waals surface area contributed by atoms with Gasteiger partial charge in [-0.15, -0.1) is 0 Å². The normalized spacial score (nSPS) is 15.9. The van der Waals surface area contributed by atoms with Crippen molar-refractivity contribution in [2.45, 2.75) is 19.1 Å². The zero-order valence-corrected chi connectivity index (χ0v) is 10.3. The molecule has 19 heavy (non-hydrogen) atoms. The lowest BCUT2D eigenvalue weighted by atomic mass is 10.1. The molecule has 1 heterocycles. The Kier molecular flexibility index (Phi) is 4.21. The average Bonchev–Trinajstić information content (AvgIpc) is 2.91. The van der Waals surface area contributed by atoms with E-state index in [1.54, 1.807) is 12.1 Å². The quantitative estimate of drug-likeness (QED) is 0.895. The molecular formula is C13H14F2O4. The van der Waals surface area contributed by atoms with Crippen LogP contribution in [0.4, 0.5) is 8.78 Å². The molecule has 0 spiro atoms. The fourth-order valence-corrected chi connectivity index (χ4v) is 1.84. The highest BCUT2D eigenvalue weighted by Crippen LogP contribution is 2.34. The maximum absolute atomic E-state index is 12.3. The molecule has 1 aromatic rings. The van der Waals surface area contributed by atoms with Gasteiger partial charge in [-0.1, -0.05) is 6.07 Å². The molecule has 6 heteroatoms. The van der Waals surface area contributed by atoms with Gasteiger partial charge in [0.2, 0.25) is 0 Å². The number of benzene rings is 1. The summed E-state index contributed by atoms with van der Waals surface area (Å²) >= 11 is 0. The summed E-state index contributed by atoms with van der Waals surface area (Å²) in [5, 5.41) is 10.1. The van der Waals surface area contributed by atoms with Crippen LogP contribution in [0.5, 0.6) is 11.5 Å². The van der Waals surface area contributed by atoms with Crippen LogP contribution in [-0.2, 0) is 4.74 Å². The van der Waals surface area contributed by atoms with Crippen LogP contribution in [0, 0.1) is 0 Å². The van der Waals surface area contributed by atoms with E-state index < -0.39 is 12.7 Å². The molecule has 0 amide bonds. The molecule has 1 aliphatic rings. The molecule has 0 fully saturated rings. The first-order valence-electron chi connectivity index (χ1n) is 5.75. The maximum atomic E-state index is 12.3. The van der Waals surface area contributed by atoms with Crippen LogP contribution in [0.2, 0.25) is 0 Å². The van der Waals surface area contributed by atoms with Crippen molar-refractivity contribution >= 4 is 0 Å². The first-order valence-corrected chi connectivity index (χ1v) is 5.75. The second kappa shape index (κ2) is 5.88. The van der Waals surface area contributed by atoms with E-state index in [0.29, 0.717) is 17.9 Å². The number of aliphatic hydroxyl groups excluding tert-OH is 1. The van der Waals surface area contributed by atoms with Gasteiger partial charge in [0.25, 0.3) is 0 Å². The molecule has 0 aliphatic carbocycles. The Bertz CT molecular complexity index is 474. The van der Waals surface area contributed by atoms with Gasteiger partial charge in [-0.05, 0) is 23.8 Å². The van der Waals surface area contributed by atoms with Crippen molar-refractivity contribution in [3.8, 4) is 11.5 Å². The number of alkyl halides is 2. The third kappa shape index (κ3) is 3.14. The van der Waals surface area contributed by atoms with Crippen LogP contribution >= 0.6 is 0 Å². The molecule has 0 saturated carbocycles. The number of hydrogen-bond donors (Lipinski definition) is 1. The molecule has 1 aromatic carbocycles. The molecule has 1 aliphatic heterocycles. The van der Waals surface area contributed by atoms with E-state index in [4.69, 9.17) is 9.47 Å². The van der Waals surface area contributed by atoms with E-state index in [1.165, 1.54) is 19.2 Å². The lowest BCUT2D eigenvalue weighted by molar-refractivity contribution is -0.0513. The zero-order chi connectivity index (χ0) is 13.8. The molecule has 1 N–H and O–H groups in total. The molecular weight excluding hydrogens is 258 g/mol. The van der Waals surface area contributed by atoms with Gasteiger partial charge in [-0.2, -0.15) is 8.78 Å². The van der Waals surface area contributed by atoms with Crippen LogP contribution < -0.4 is 9.47 Å². The van der Waals surface area contributed by atoms with Crippen LogP contribution in [0.25, 0.3) is 0 Å². The van der Waals surface area contributed by atoms with E-state index >= 15 is 0 Å². The monoisotopic (exact) mass is 272 g/mol. The summed E-state index contributed by atoms with van der Waals surface area (Å²) < 4.78 is 39.1. The van der Waals surface area contributed by atoms with Gasteiger partial charge in [0.05, 0.1) is 13.7 Å². The molecule has 0 bridgehead atoms. The Morgan fingerprint density at radius 2 is 2.11 bits per heavy atom. The molecule has 0 aromatic heterocycles. The molecule has 0 radical (unpaired) electrons. The smallest absolute Gasteiger partial charge is 0.387 e. The number of rotatable bonds is 5. The predicted molar refractivity (Wildman–Crippen MR) is 63.2 cm³/mol. The number of hydrogen-bond acceptors (Lipinski definition) is 4. The number of halogens is 2. The Balaban J connectivity index is 2.26. The van der Waals surface area contributed by atoms with Crippen molar-refractivity contribution in [1.82, 2.24) is 0 Å². The summed E-state index contributed by atoms with van der Waals surface area (Å²) in [6.07, 6.45) is 1.50. The third-order valence-electron chi connectivity index (χ3n) is 2.72. The topological polar surface area (TPSA) is 47.9 Å². The SMILES string of the molecule is COc1ccc(C(O)C2=CCCO2)cc1OC(F)F. The highest BCUT2D eigenvalue weighted by atomic mass is 19.3. The van der Waals surface area contributed by atoms with Crippen molar-refractivity contribution in [2.75, 3.05) is 13.7 Å². The lowest BCUT2D eigenvalue weighted by Gasteiger charge is -2.15. The van der Waals surface area contributed by atoms with E-state index in [0.717, 1.165) is 6.42 Å². The summed E-state index contributed by atoms with van der Waals surface area (Å²) in [6, 6.07) is 4.36. The van der Waals surface area contributed by atoms with Crippen molar-refractivity contribution in [3.63, 3.8) is 0 Å². The molecule has 4 nitrogen and oxygen atoms in total. The summed E-state index contributed by atoms with van der Waals surface area (Å²) in [6.45, 7) is -2.44. The lowest BCUT2D eigenvalue weighted by Crippen LogP contribution is -2.06. The second-order valence-electron chi connectivity index (χ2n) is 3.93. The predicted octanol–water partition coefficient (Wildman–Crippen LogP) is 2.63. The molecule has 0 saturated heterocycles. The minimum atomic E-state index is -2.96. The van der Waals surface area contributed by atoms with Crippen molar-refractivity contribution in [3.05, 3.63) is 35.6 Å². The second-order valence-corrected chi connectivity index (χ2v) is 3.93. The molecule has 1 atom stereocenters. The van der Waals surface area contributed by atoms with Gasteiger partial charge in [-0.25, -0.2) is 0 Å². The summed E-state index contributed by atoms with van der Waals surface area (Å²) in [5.41, 5.74) is 0.407. The van der Waals surface area contributed by atoms with E-state index in [1.807, 2.05) is 0 Å². The average molecular weight is 272 g/mol. The van der Waals surface area contributed by atoms with Gasteiger partial charge < -0.3 is 19.3 Å². The summed E-state index contributed by atoms with van der Waals surface area (Å²) in [5.74, 6) is 0.485. The highest BCUT2D eigenvalue weighted by Gasteiger charge is 2.20. The van der Waals surface area contributed by atoms with Crippen molar-refractivity contribution < 1.29 is 28.1 Å². The Labute approximate surface area is 109 Å². The minimum Gasteiger partial charge on any atom is -0.495 e. The zero-order valence-electron chi connectivity index (χ0n) is 10.3. The molecule has 2 rings (SSSR count). The summed E-state index contributed by atoms with van der Waals surface area (Å²) in [7, 11) is 1.35. The first kappa shape index (κ1) is 13.6. The Morgan fingerprint density at radius 1 is 1.32 bits per heavy atom. The minimum absolute atomic E-state index is 0.118. The van der Waals surface area contributed by atoms with Gasteiger partial charge >= 0.3 is 6.61 Å². The Hall–Kier alpha value is -1.82. The van der Waals surface area contributed by atoms with Gasteiger partial charge in [-0.3, -0.25) is 0 Å². The van der Waals surface area contributed by atoms with Gasteiger partial charge in [0.15, 0.2) is 11.5 Å². The number of aliphatic hydroxyl groups is 1. The van der Waals surface area contributed by atoms with Crippen molar-refractivity contribution in [1.29, 1.82) is 0 Å². The van der Waals surface area contributed by atoms with E-state index in [9.17, 15) is 13.9 Å². The third-order valence-corrected chi connectivity index (χ3v) is 2.72. The van der Waals surface area contributed by atoms with Gasteiger partial charge in [0.1, 0.15) is 11.9 Å². The Morgan fingerprint density at radius 3 is 2.68 bits per heavy atom. The molecule has 1 unspecified atom stereocenters. The fourth-order valence-electron chi connectivity index (χ4n) is 1.84. The van der Waals surface area contributed by atoms with Crippen LogP contribution in [-0.4, -0.2) is 25.4 Å². The van der Waals surface area contributed by atoms with Crippen LogP contribution in [0.1, 0.15) is 18.1 Å².